The summed E-state index contributed by atoms with van der Waals surface area (Å²) in [6.07, 6.45) is 0.306. The van der Waals surface area contributed by atoms with Crippen LogP contribution in [0.3, 0.4) is 0 Å². The van der Waals surface area contributed by atoms with Crippen LogP contribution in [0.15, 0.2) is 0 Å². The molecule has 17 heavy (non-hydrogen) atoms. The van der Waals surface area contributed by atoms with Gasteiger partial charge in [-0.05, 0) is 6.42 Å². The van der Waals surface area contributed by atoms with Crippen LogP contribution in [0.1, 0.15) is 33.6 Å². The van der Waals surface area contributed by atoms with Crippen LogP contribution in [0.5, 0.6) is 0 Å². The van der Waals surface area contributed by atoms with E-state index in [0.717, 1.165) is 0 Å². The fourth-order valence-corrected chi connectivity index (χ4v) is 1.94. The average Bonchev–Trinajstić information content (AvgIpc) is 2.69. The molecule has 98 valence electrons. The summed E-state index contributed by atoms with van der Waals surface area (Å²) in [4.78, 5) is 25.3. The summed E-state index contributed by atoms with van der Waals surface area (Å²) in [5.41, 5.74) is -0.518. The first kappa shape index (κ1) is 14.0. The number of likely N-dealkylation sites (tertiary alicyclic amines) is 1. The molecule has 1 rings (SSSR count). The maximum absolute atomic E-state index is 12.3. The van der Waals surface area contributed by atoms with Gasteiger partial charge in [-0.15, -0.1) is 0 Å². The SMILES string of the molecule is CCC(C)(C)C(=O)N1CC(O)CC1C(=O)OC. The van der Waals surface area contributed by atoms with Gasteiger partial charge in [-0.3, -0.25) is 4.79 Å². The molecule has 0 radical (unpaired) electrons. The molecule has 1 saturated heterocycles. The molecule has 0 aromatic heterocycles. The molecule has 1 aliphatic rings. The smallest absolute Gasteiger partial charge is 0.328 e. The number of amides is 1. The lowest BCUT2D eigenvalue weighted by Gasteiger charge is -2.31. The van der Waals surface area contributed by atoms with Crippen molar-refractivity contribution in [3.05, 3.63) is 0 Å². The van der Waals surface area contributed by atoms with Crippen LogP contribution < -0.4 is 0 Å². The van der Waals surface area contributed by atoms with Crippen molar-refractivity contribution in [2.24, 2.45) is 5.41 Å². The van der Waals surface area contributed by atoms with Crippen molar-refractivity contribution >= 4 is 11.9 Å². The van der Waals surface area contributed by atoms with Crippen LogP contribution in [0.2, 0.25) is 0 Å². The Kier molecular flexibility index (Phi) is 4.14. The molecule has 2 unspecified atom stereocenters. The number of hydrogen-bond acceptors (Lipinski definition) is 4. The van der Waals surface area contributed by atoms with Crippen molar-refractivity contribution in [1.82, 2.24) is 4.90 Å². The van der Waals surface area contributed by atoms with Crippen molar-refractivity contribution in [3.8, 4) is 0 Å². The van der Waals surface area contributed by atoms with Gasteiger partial charge < -0.3 is 14.7 Å². The van der Waals surface area contributed by atoms with E-state index in [0.29, 0.717) is 6.42 Å². The molecule has 0 aliphatic carbocycles. The molecule has 0 aromatic rings. The van der Waals surface area contributed by atoms with Crippen molar-refractivity contribution < 1.29 is 19.4 Å². The number of ether oxygens (including phenoxy) is 1. The number of β-amino-alcohol motifs (C(OH)–C–C–N with tert-alkyl or cyclic N) is 1. The molecule has 2 atom stereocenters. The number of nitrogens with zero attached hydrogens (tertiary/aromatic N) is 1. The Bertz CT molecular complexity index is 314. The molecule has 0 bridgehead atoms. The monoisotopic (exact) mass is 243 g/mol. The number of rotatable bonds is 3. The van der Waals surface area contributed by atoms with E-state index < -0.39 is 23.5 Å². The van der Waals surface area contributed by atoms with E-state index in [-0.39, 0.29) is 18.9 Å². The summed E-state index contributed by atoms with van der Waals surface area (Å²) in [6, 6.07) is -0.645. The van der Waals surface area contributed by atoms with E-state index in [1.54, 1.807) is 0 Å². The maximum atomic E-state index is 12.3. The Morgan fingerprint density at radius 2 is 2.06 bits per heavy atom. The normalized spacial score (nSPS) is 24.9. The van der Waals surface area contributed by atoms with Gasteiger partial charge in [0, 0.05) is 18.4 Å². The largest absolute Gasteiger partial charge is 0.467 e. The predicted molar refractivity (Wildman–Crippen MR) is 62.2 cm³/mol. The van der Waals surface area contributed by atoms with E-state index in [4.69, 9.17) is 0 Å². The molecule has 0 spiro atoms. The molecular formula is C12H21NO4. The van der Waals surface area contributed by atoms with Crippen molar-refractivity contribution in [2.75, 3.05) is 13.7 Å². The molecule has 1 fully saturated rings. The van der Waals surface area contributed by atoms with E-state index in [1.165, 1.54) is 12.0 Å². The Labute approximate surface area is 102 Å². The summed E-state index contributed by atoms with van der Waals surface area (Å²) < 4.78 is 4.67. The number of carbonyl (C=O) groups excluding carboxylic acids is 2. The second-order valence-corrected chi connectivity index (χ2v) is 5.12. The van der Waals surface area contributed by atoms with Gasteiger partial charge in [0.1, 0.15) is 6.04 Å². The van der Waals surface area contributed by atoms with Crippen LogP contribution in [0.25, 0.3) is 0 Å². The van der Waals surface area contributed by atoms with Gasteiger partial charge in [0.15, 0.2) is 0 Å². The summed E-state index contributed by atoms with van der Waals surface area (Å²) >= 11 is 0. The number of aliphatic hydroxyl groups excluding tert-OH is 1. The van der Waals surface area contributed by atoms with Crippen LogP contribution in [0.4, 0.5) is 0 Å². The topological polar surface area (TPSA) is 66.8 Å². The fourth-order valence-electron chi connectivity index (χ4n) is 1.94. The first-order valence-corrected chi connectivity index (χ1v) is 5.90. The minimum atomic E-state index is -0.645. The molecule has 1 amide bonds. The lowest BCUT2D eigenvalue weighted by atomic mass is 9.88. The van der Waals surface area contributed by atoms with Gasteiger partial charge in [0.05, 0.1) is 13.2 Å². The summed E-state index contributed by atoms with van der Waals surface area (Å²) in [5.74, 6) is -0.561. The second-order valence-electron chi connectivity index (χ2n) is 5.12. The van der Waals surface area contributed by atoms with E-state index in [2.05, 4.69) is 4.74 Å². The number of aliphatic hydroxyl groups is 1. The van der Waals surface area contributed by atoms with E-state index in [1.807, 2.05) is 20.8 Å². The Morgan fingerprint density at radius 3 is 2.53 bits per heavy atom. The van der Waals surface area contributed by atoms with Gasteiger partial charge in [-0.25, -0.2) is 4.79 Å². The zero-order chi connectivity index (χ0) is 13.2. The summed E-state index contributed by atoms with van der Waals surface area (Å²) in [5, 5.41) is 9.60. The first-order valence-electron chi connectivity index (χ1n) is 5.90. The van der Waals surface area contributed by atoms with Gasteiger partial charge in [0.2, 0.25) is 5.91 Å². The van der Waals surface area contributed by atoms with Crippen molar-refractivity contribution in [1.29, 1.82) is 0 Å². The molecule has 1 aliphatic heterocycles. The number of hydrogen-bond donors (Lipinski definition) is 1. The van der Waals surface area contributed by atoms with Crippen molar-refractivity contribution in [2.45, 2.75) is 45.8 Å². The lowest BCUT2D eigenvalue weighted by molar-refractivity contribution is -0.154. The van der Waals surface area contributed by atoms with Crippen LogP contribution in [-0.2, 0) is 14.3 Å². The third-order valence-corrected chi connectivity index (χ3v) is 3.48. The third-order valence-electron chi connectivity index (χ3n) is 3.48. The van der Waals surface area contributed by atoms with Crippen molar-refractivity contribution in [3.63, 3.8) is 0 Å². The van der Waals surface area contributed by atoms with E-state index in [9.17, 15) is 14.7 Å². The summed E-state index contributed by atoms with van der Waals surface area (Å²) in [7, 11) is 1.29. The minimum absolute atomic E-state index is 0.105. The molecule has 1 heterocycles. The lowest BCUT2D eigenvalue weighted by Crippen LogP contribution is -2.47. The molecule has 0 saturated carbocycles. The standard InChI is InChI=1S/C12H21NO4/c1-5-12(2,3)11(16)13-7-8(14)6-9(13)10(15)17-4/h8-9,14H,5-7H2,1-4H3. The highest BCUT2D eigenvalue weighted by Gasteiger charge is 2.43. The van der Waals surface area contributed by atoms with Crippen LogP contribution in [0, 0.1) is 5.41 Å². The highest BCUT2D eigenvalue weighted by molar-refractivity contribution is 5.88. The van der Waals surface area contributed by atoms with E-state index >= 15 is 0 Å². The molecule has 5 nitrogen and oxygen atoms in total. The number of esters is 1. The Balaban J connectivity index is 2.88. The highest BCUT2D eigenvalue weighted by atomic mass is 16.5. The Hall–Kier alpha value is -1.10. The van der Waals surface area contributed by atoms with Crippen LogP contribution >= 0.6 is 0 Å². The van der Waals surface area contributed by atoms with Gasteiger partial charge in [0.25, 0.3) is 0 Å². The number of carbonyl (C=O) groups is 2. The summed E-state index contributed by atoms with van der Waals surface area (Å²) in [6.45, 7) is 5.82. The zero-order valence-electron chi connectivity index (χ0n) is 10.9. The minimum Gasteiger partial charge on any atom is -0.467 e. The average molecular weight is 243 g/mol. The van der Waals surface area contributed by atoms with Gasteiger partial charge in [-0.1, -0.05) is 20.8 Å². The molecule has 0 aromatic carbocycles. The van der Waals surface area contributed by atoms with Gasteiger partial charge >= 0.3 is 5.97 Å². The molecule has 1 N–H and O–H groups in total. The highest BCUT2D eigenvalue weighted by Crippen LogP contribution is 2.28. The zero-order valence-corrected chi connectivity index (χ0v) is 10.9. The third kappa shape index (κ3) is 2.77. The maximum Gasteiger partial charge on any atom is 0.328 e. The predicted octanol–water partition coefficient (Wildman–Crippen LogP) is 0.557. The molecular weight excluding hydrogens is 222 g/mol. The number of methoxy groups -OCH3 is 1. The second kappa shape index (κ2) is 5.04. The van der Waals surface area contributed by atoms with Gasteiger partial charge in [-0.2, -0.15) is 0 Å². The fraction of sp³-hybridized carbons (Fsp3) is 0.833. The molecule has 5 heteroatoms. The Morgan fingerprint density at radius 1 is 1.47 bits per heavy atom. The quantitative estimate of drug-likeness (QED) is 0.735. The van der Waals surface area contributed by atoms with Crippen LogP contribution in [-0.4, -0.2) is 47.7 Å². The first-order chi connectivity index (χ1) is 7.83.